The van der Waals surface area contributed by atoms with Crippen molar-refractivity contribution in [2.45, 2.75) is 83.7 Å². The molecule has 0 bridgehead atoms. The Morgan fingerprint density at radius 2 is 1.52 bits per heavy atom. The first-order chi connectivity index (χ1) is 8.76. The van der Waals surface area contributed by atoms with Gasteiger partial charge in [0.25, 0.3) is 0 Å². The molecule has 1 fully saturated rings. The van der Waals surface area contributed by atoms with Gasteiger partial charge in [0.2, 0.25) is 0 Å². The van der Waals surface area contributed by atoms with Crippen LogP contribution >= 0.6 is 17.8 Å². The van der Waals surface area contributed by atoms with Crippen molar-refractivity contribution < 1.29 is 46.5 Å². The molecule has 1 saturated carbocycles. The summed E-state index contributed by atoms with van der Waals surface area (Å²) in [6.07, 6.45) is 14.9. The molecule has 0 aromatic carbocycles. The van der Waals surface area contributed by atoms with E-state index in [2.05, 4.69) is 29.8 Å². The Morgan fingerprint density at radius 3 is 1.90 bits per heavy atom. The molecule has 1 rings (SSSR count). The van der Waals surface area contributed by atoms with Crippen molar-refractivity contribution >= 4 is 17.8 Å². The second-order valence-corrected chi connectivity index (χ2v) is 7.18. The van der Waals surface area contributed by atoms with Gasteiger partial charge in [-0.05, 0) is 49.8 Å². The molecule has 0 aliphatic heterocycles. The van der Waals surface area contributed by atoms with Crippen molar-refractivity contribution in [1.82, 2.24) is 0 Å². The van der Waals surface area contributed by atoms with Crippen molar-refractivity contribution in [1.29, 1.82) is 0 Å². The Bertz CT molecular complexity index is 187. The molecule has 0 aromatic rings. The maximum absolute atomic E-state index is 2.42. The van der Waals surface area contributed by atoms with E-state index in [0.717, 1.165) is 11.1 Å². The van der Waals surface area contributed by atoms with Gasteiger partial charge in [0, 0.05) is 0 Å². The van der Waals surface area contributed by atoms with Crippen LogP contribution in [0.15, 0.2) is 0 Å². The molecule has 0 amide bonds. The second-order valence-electron chi connectivity index (χ2n) is 5.79. The van der Waals surface area contributed by atoms with Crippen molar-refractivity contribution in [2.75, 3.05) is 13.3 Å². The summed E-state index contributed by atoms with van der Waals surface area (Å²) in [5.74, 6) is 0. The van der Waals surface area contributed by atoms with Crippen LogP contribution < -0.4 is 24.8 Å². The first-order valence-corrected chi connectivity index (χ1v) is 10.7. The minimum Gasteiger partial charge on any atom is -1.00 e. The minimum atomic E-state index is 0. The first-order valence-electron chi connectivity index (χ1n) is 8.01. The fourth-order valence-corrected chi connectivity index (χ4v) is 4.51. The second kappa shape index (κ2) is 20.2. The topological polar surface area (TPSA) is 0 Å². The number of halogens is 2. The van der Waals surface area contributed by atoms with Gasteiger partial charge in [-0.3, -0.25) is 0 Å². The van der Waals surface area contributed by atoms with E-state index < -0.39 is 0 Å². The monoisotopic (exact) mass is 408 g/mol. The van der Waals surface area contributed by atoms with Gasteiger partial charge in [0.15, 0.2) is 0 Å². The van der Waals surface area contributed by atoms with Crippen molar-refractivity contribution in [3.63, 3.8) is 0 Å². The third kappa shape index (κ3) is 13.2. The minimum absolute atomic E-state index is 0. The van der Waals surface area contributed by atoms with Crippen LogP contribution in [0.4, 0.5) is 0 Å². The van der Waals surface area contributed by atoms with Crippen molar-refractivity contribution in [2.24, 2.45) is 5.41 Å². The Kier molecular flexibility index (Phi) is 29.8. The summed E-state index contributed by atoms with van der Waals surface area (Å²) in [6.45, 7) is 9.02. The van der Waals surface area contributed by atoms with E-state index in [1.165, 1.54) is 66.4 Å². The molecular weight excluding hydrogens is 373 g/mol. The van der Waals surface area contributed by atoms with Gasteiger partial charge in [-0.15, -0.1) is 17.8 Å². The molecule has 0 nitrogen and oxygen atoms in total. The molecule has 0 spiro atoms. The third-order valence-corrected chi connectivity index (χ3v) is 5.78. The van der Waals surface area contributed by atoms with E-state index in [1.54, 1.807) is 6.42 Å². The van der Waals surface area contributed by atoms with Gasteiger partial charge in [-0.2, -0.15) is 0 Å². The molecule has 3 atom stereocenters. The molecule has 0 aromatic heterocycles. The molecule has 128 valence electrons. The normalized spacial score (nSPS) is 19.6. The van der Waals surface area contributed by atoms with Crippen LogP contribution in [-0.2, 0) is 21.7 Å². The summed E-state index contributed by atoms with van der Waals surface area (Å²) in [5, 5.41) is 0. The van der Waals surface area contributed by atoms with Crippen LogP contribution in [0.1, 0.15) is 78.1 Å². The average Bonchev–Trinajstić information content (AvgIpc) is 2.45. The van der Waals surface area contributed by atoms with Crippen LogP contribution in [-0.4, -0.2) is 19.0 Å². The summed E-state index contributed by atoms with van der Waals surface area (Å²) < 4.78 is 0. The van der Waals surface area contributed by atoms with Crippen molar-refractivity contribution in [3.05, 3.63) is 0 Å². The van der Waals surface area contributed by atoms with Gasteiger partial charge >= 0.3 is 21.7 Å². The Labute approximate surface area is 166 Å². The Balaban J connectivity index is -0.000000276. The molecule has 1 aliphatic carbocycles. The fraction of sp³-hybridized carbons (Fsp3) is 1.00. The van der Waals surface area contributed by atoms with E-state index in [0.29, 0.717) is 0 Å². The maximum Gasteiger partial charge on any atom is 2.00 e. The molecule has 0 N–H and O–H groups in total. The molecule has 0 radical (unpaired) electrons. The van der Waals surface area contributed by atoms with Crippen LogP contribution in [0.2, 0.25) is 0 Å². The summed E-state index contributed by atoms with van der Waals surface area (Å²) in [4.78, 5) is 0. The van der Waals surface area contributed by atoms with E-state index in [9.17, 15) is 0 Å². The van der Waals surface area contributed by atoms with Crippen LogP contribution in [0, 0.1) is 5.41 Å². The zero-order chi connectivity index (χ0) is 13.9. The number of hydrogen-bond acceptors (Lipinski definition) is 0. The average molecular weight is 409 g/mol. The number of rotatable bonds is 7. The Hall–Kier alpha value is 2.15. The molecular formula is C16H36Cl2P2Ti. The molecule has 5 heteroatoms. The summed E-state index contributed by atoms with van der Waals surface area (Å²) in [6, 6.07) is 0. The fourth-order valence-electron chi connectivity index (χ4n) is 3.38. The van der Waals surface area contributed by atoms with E-state index in [-0.39, 0.29) is 46.5 Å². The molecule has 1 aliphatic rings. The third-order valence-electron chi connectivity index (χ3n) is 4.47. The largest absolute Gasteiger partial charge is 2.00 e. The van der Waals surface area contributed by atoms with E-state index in [4.69, 9.17) is 0 Å². The van der Waals surface area contributed by atoms with Gasteiger partial charge in [0.1, 0.15) is 0 Å². The predicted octanol–water partition coefficient (Wildman–Crippen LogP) is 0.101. The van der Waals surface area contributed by atoms with Gasteiger partial charge < -0.3 is 24.8 Å². The maximum atomic E-state index is 2.42. The Morgan fingerprint density at radius 1 is 1.05 bits per heavy atom. The summed E-state index contributed by atoms with van der Waals surface area (Å²) in [7, 11) is 3.60. The molecule has 0 heterocycles. The summed E-state index contributed by atoms with van der Waals surface area (Å²) in [5.41, 5.74) is 1.83. The quantitative estimate of drug-likeness (QED) is 0.414. The van der Waals surface area contributed by atoms with Crippen LogP contribution in [0.5, 0.6) is 0 Å². The van der Waals surface area contributed by atoms with E-state index in [1.807, 2.05) is 6.66 Å². The molecule has 21 heavy (non-hydrogen) atoms. The molecule has 3 unspecified atom stereocenters. The zero-order valence-electron chi connectivity index (χ0n) is 14.5. The standard InChI is InChI=1S/C15H31P.CH5P.2ClH.Ti/c1-4-6-10-15(11-7-5-2)12-8-9-14(13-15)16-3;1-2;;;/h14,16H,4-13H2,1-3H3;2H2,1H3;2*1H;/q;;;;+2/p-2. The predicted molar refractivity (Wildman–Crippen MR) is 93.6 cm³/mol. The molecule has 0 saturated heterocycles. The van der Waals surface area contributed by atoms with Gasteiger partial charge in [0.05, 0.1) is 0 Å². The van der Waals surface area contributed by atoms with Crippen molar-refractivity contribution in [3.8, 4) is 0 Å². The smallest absolute Gasteiger partial charge is 1.00 e. The number of hydrogen-bond donors (Lipinski definition) is 0. The van der Waals surface area contributed by atoms with Gasteiger partial charge in [-0.25, -0.2) is 0 Å². The van der Waals surface area contributed by atoms with Crippen LogP contribution in [0.3, 0.4) is 0 Å². The zero-order valence-corrected chi connectivity index (χ0v) is 19.7. The van der Waals surface area contributed by atoms with E-state index >= 15 is 0 Å². The SMILES string of the molecule is CCCCC1(CCCC)CCCC(PC)C1.CP.[Cl-].[Cl-].[Ti+2]. The number of unbranched alkanes of at least 4 members (excludes halogenated alkanes) is 2. The van der Waals surface area contributed by atoms with Crippen LogP contribution in [0.25, 0.3) is 0 Å². The van der Waals surface area contributed by atoms with Gasteiger partial charge in [-0.1, -0.05) is 52.6 Å². The first kappa shape index (κ1) is 31.0. The summed E-state index contributed by atoms with van der Waals surface area (Å²) >= 11 is 0.